The third kappa shape index (κ3) is 18.6. The van der Waals surface area contributed by atoms with Crippen LogP contribution in [0.2, 0.25) is 5.02 Å². The Hall–Kier alpha value is -8.75. The van der Waals surface area contributed by atoms with Gasteiger partial charge >= 0.3 is 42.1 Å². The monoisotopic (exact) mass is 1270 g/mol. The van der Waals surface area contributed by atoms with E-state index in [1.807, 2.05) is 0 Å². The lowest BCUT2D eigenvalue weighted by Gasteiger charge is -2.15. The van der Waals surface area contributed by atoms with Gasteiger partial charge in [-0.25, -0.2) is 51.3 Å². The highest BCUT2D eigenvalue weighted by molar-refractivity contribution is 8.00. The fraction of sp³-hybridized carbons (Fsp3) is 0.273. The number of hydrogen-bond donors (Lipinski definition) is 5. The van der Waals surface area contributed by atoms with E-state index in [0.29, 0.717) is 28.9 Å². The zero-order valence-electron chi connectivity index (χ0n) is 43.0. The molecule has 0 atom stereocenters. The second-order valence-corrected chi connectivity index (χ2v) is 21.3. The predicted octanol–water partition coefficient (Wildman–Crippen LogP) is 4.78. The molecule has 446 valence electrons. The number of pyridine rings is 1. The van der Waals surface area contributed by atoms with E-state index in [1.165, 1.54) is 87.6 Å². The van der Waals surface area contributed by atoms with Gasteiger partial charge in [-0.05, 0) is 60.6 Å². The van der Waals surface area contributed by atoms with Crippen molar-refractivity contribution < 1.29 is 91.6 Å². The molecule has 0 radical (unpaired) electrons. The Morgan fingerprint density at radius 2 is 1.31 bits per heavy atom. The van der Waals surface area contributed by atoms with E-state index in [2.05, 4.69) is 49.4 Å². The van der Waals surface area contributed by atoms with Crippen LogP contribution in [0.15, 0.2) is 91.5 Å². The van der Waals surface area contributed by atoms with E-state index < -0.39 is 102 Å². The standard InChI is InChI=1S/C15H15ClFN3O3S2.C15H18N6O6S.C14H10F4N4O7S/c1-23-13(21)8-24-12-7-11(10(17)6-9(12)16)18-14-19-4-2-3-5-20(19)15(22)25-14;1-21(2)13(22)9-6-5-7-16-12(9)28(24,25)20-15(23)19-14-17-10(26-3)8-11(18-14)27-4;15-11(16)28-8-5-9(29-12(17)18)20-13(19-8)21-14(25)22-30(26,27)7-4-2-1-3-6(7)10(23)24/h6-7H,2-5,8H2,1H3;5-8H,1-4H3,(H2,17,18,19,20,23);1-5,11-12H,(H,23,24)(H2,19,20,21,22,25). The van der Waals surface area contributed by atoms with Crippen molar-refractivity contribution in [2.24, 2.45) is 4.99 Å². The lowest BCUT2D eigenvalue weighted by Crippen LogP contribution is -2.36. The molecular weight excluding hydrogens is 1230 g/mol. The molecule has 83 heavy (non-hydrogen) atoms. The molecule has 5 N–H and O–H groups in total. The molecule has 39 heteroatoms. The molecule has 0 spiro atoms. The van der Waals surface area contributed by atoms with Gasteiger partial charge in [0, 0.05) is 38.3 Å². The zero-order valence-corrected chi connectivity index (χ0v) is 47.1. The molecule has 0 unspecified atom stereocenters. The molecule has 0 aliphatic carbocycles. The number of carboxylic acid groups (broad SMARTS) is 1. The number of esters is 1. The Kier molecular flexibility index (Phi) is 23.0. The molecule has 5 amide bonds. The highest BCUT2D eigenvalue weighted by atomic mass is 35.5. The van der Waals surface area contributed by atoms with Crippen molar-refractivity contribution in [3.63, 3.8) is 0 Å². The van der Waals surface area contributed by atoms with E-state index in [4.69, 9.17) is 26.2 Å². The number of methoxy groups -OCH3 is 3. The average Bonchev–Trinajstić information content (AvgIpc) is 4.04. The van der Waals surface area contributed by atoms with Gasteiger partial charge in [-0.1, -0.05) is 23.7 Å². The number of thioether (sulfide) groups is 1. The Balaban J connectivity index is 0.000000229. The fourth-order valence-corrected chi connectivity index (χ4v) is 10.5. The number of carboxylic acids is 1. The van der Waals surface area contributed by atoms with Crippen LogP contribution in [0.5, 0.6) is 23.5 Å². The maximum atomic E-state index is 14.3. The average molecular weight is 1270 g/mol. The van der Waals surface area contributed by atoms with Crippen LogP contribution in [-0.4, -0.2) is 145 Å². The lowest BCUT2D eigenvalue weighted by molar-refractivity contribution is -0.137. The molecule has 0 saturated heterocycles. The van der Waals surface area contributed by atoms with Crippen molar-refractivity contribution in [2.75, 3.05) is 51.8 Å². The van der Waals surface area contributed by atoms with Gasteiger partial charge in [0.2, 0.25) is 40.2 Å². The van der Waals surface area contributed by atoms with Gasteiger partial charge in [0.25, 0.3) is 26.0 Å². The molecule has 0 saturated carbocycles. The van der Waals surface area contributed by atoms with Crippen molar-refractivity contribution in [1.82, 2.24) is 48.6 Å². The van der Waals surface area contributed by atoms with Crippen molar-refractivity contribution >= 4 is 102 Å². The van der Waals surface area contributed by atoms with Gasteiger partial charge in [0.1, 0.15) is 16.4 Å². The van der Waals surface area contributed by atoms with E-state index in [1.54, 1.807) is 19.4 Å². The van der Waals surface area contributed by atoms with Gasteiger partial charge in [0.15, 0.2) is 5.03 Å². The first-order chi connectivity index (χ1) is 39.1. The third-order valence-electron chi connectivity index (χ3n) is 9.85. The Bertz CT molecular complexity index is 3700. The number of urea groups is 2. The van der Waals surface area contributed by atoms with E-state index in [-0.39, 0.29) is 44.6 Å². The summed E-state index contributed by atoms with van der Waals surface area (Å²) < 4.78 is 142. The van der Waals surface area contributed by atoms with E-state index in [0.717, 1.165) is 54.1 Å². The summed E-state index contributed by atoms with van der Waals surface area (Å²) in [6, 6.07) is 8.77. The number of aromatic carboxylic acids is 1. The van der Waals surface area contributed by atoms with Crippen LogP contribution in [0.3, 0.4) is 0 Å². The number of nitrogens with one attached hydrogen (secondary N) is 4. The van der Waals surface area contributed by atoms with Crippen molar-refractivity contribution in [1.29, 1.82) is 0 Å². The largest absolute Gasteiger partial charge is 0.481 e. The molecule has 0 bridgehead atoms. The van der Waals surface area contributed by atoms with Crippen molar-refractivity contribution in [2.45, 2.75) is 54.0 Å². The van der Waals surface area contributed by atoms with Crippen LogP contribution in [-0.2, 0) is 42.7 Å². The van der Waals surface area contributed by atoms with E-state index >= 15 is 0 Å². The smallest absolute Gasteiger partial charge is 0.388 e. The number of halogens is 6. The summed E-state index contributed by atoms with van der Waals surface area (Å²) in [5.41, 5.74) is -0.749. The zero-order chi connectivity index (χ0) is 61.3. The highest BCUT2D eigenvalue weighted by Crippen LogP contribution is 2.33. The van der Waals surface area contributed by atoms with Gasteiger partial charge in [0.05, 0.1) is 55.4 Å². The molecule has 2 aromatic carbocycles. The molecule has 1 aliphatic rings. The number of benzene rings is 2. The lowest BCUT2D eigenvalue weighted by atomic mass is 10.2. The summed E-state index contributed by atoms with van der Waals surface area (Å²) in [5, 5.41) is 12.5. The minimum atomic E-state index is -4.71. The summed E-state index contributed by atoms with van der Waals surface area (Å²) in [4.78, 5) is 94.3. The number of alkyl halides is 4. The molecule has 5 heterocycles. The number of rotatable bonds is 18. The molecule has 4 aromatic heterocycles. The molecular formula is C44H43ClF5N13O16S4. The fourth-order valence-electron chi connectivity index (χ4n) is 6.35. The second-order valence-electron chi connectivity index (χ2n) is 15.7. The quantitative estimate of drug-likeness (QED) is 0.0439. The first-order valence-electron chi connectivity index (χ1n) is 22.6. The highest BCUT2D eigenvalue weighted by Gasteiger charge is 2.28. The third-order valence-corrected chi connectivity index (χ3v) is 14.9. The van der Waals surface area contributed by atoms with E-state index in [9.17, 15) is 67.6 Å². The number of ether oxygens (including phenoxy) is 5. The Labute approximate surface area is 477 Å². The van der Waals surface area contributed by atoms with Crippen LogP contribution < -0.4 is 48.7 Å². The summed E-state index contributed by atoms with van der Waals surface area (Å²) in [6.45, 7) is -5.49. The number of carbonyl (C=O) groups is 5. The number of carbonyl (C=O) groups excluding carboxylic acids is 4. The van der Waals surface area contributed by atoms with Crippen LogP contribution in [0.1, 0.15) is 33.6 Å². The van der Waals surface area contributed by atoms with Crippen LogP contribution in [0.4, 0.5) is 49.1 Å². The van der Waals surface area contributed by atoms with Crippen molar-refractivity contribution in [3.05, 3.63) is 103 Å². The van der Waals surface area contributed by atoms with Crippen LogP contribution >= 0.6 is 34.7 Å². The minimum Gasteiger partial charge on any atom is -0.481 e. The summed E-state index contributed by atoms with van der Waals surface area (Å²) in [5.74, 6) is -6.04. The van der Waals surface area contributed by atoms with Gasteiger partial charge in [-0.2, -0.15) is 45.9 Å². The number of fused-ring (bicyclic) bond motifs is 1. The predicted molar refractivity (Wildman–Crippen MR) is 280 cm³/mol. The molecule has 6 aromatic rings. The normalized spacial score (nSPS) is 12.0. The van der Waals surface area contributed by atoms with Gasteiger partial charge in [-0.3, -0.25) is 29.7 Å². The molecule has 29 nitrogen and oxygen atoms in total. The first-order valence-corrected chi connectivity index (χ1v) is 27.8. The molecule has 1 aliphatic heterocycles. The summed E-state index contributed by atoms with van der Waals surface area (Å²) in [6.07, 6.45) is 3.08. The topological polar surface area (TPSA) is 375 Å². The number of aromatic nitrogens is 7. The van der Waals surface area contributed by atoms with Gasteiger partial charge in [-0.15, -0.1) is 11.8 Å². The number of nitrogens with zero attached hydrogens (tertiary/aromatic N) is 9. The summed E-state index contributed by atoms with van der Waals surface area (Å²) in [7, 11) is -2.27. The minimum absolute atomic E-state index is 0.0605. The Morgan fingerprint density at radius 1 is 0.783 bits per heavy atom. The number of hydrogen-bond acceptors (Lipinski definition) is 23. The Morgan fingerprint density at radius 3 is 1.86 bits per heavy atom. The SMILES string of the molecule is COC(=O)CSc1cc(N=c2sc(=O)n3n2CCCC3)c(F)cc1Cl.COc1cc(OC)nc(NC(=O)NS(=O)(=O)c2ncccc2C(=O)N(C)C)n1.O=C(Nc1nc(OC(F)F)cc(OC(F)F)n1)NS(=O)(=O)c1ccccc1C(=O)O. The number of amides is 5. The number of sulfonamides is 2. The molecule has 7 rings (SSSR count). The van der Waals surface area contributed by atoms with Crippen LogP contribution in [0, 0.1) is 5.82 Å². The first kappa shape index (κ1) is 65.1. The van der Waals surface area contributed by atoms with Crippen LogP contribution in [0.25, 0.3) is 0 Å². The number of anilines is 2. The second kappa shape index (κ2) is 29.3. The van der Waals surface area contributed by atoms with Gasteiger partial charge < -0.3 is 33.7 Å². The molecule has 0 fully saturated rings. The summed E-state index contributed by atoms with van der Waals surface area (Å²) >= 11 is 8.17. The maximum Gasteiger partial charge on any atom is 0.388 e. The maximum absolute atomic E-state index is 14.3. The van der Waals surface area contributed by atoms with Crippen molar-refractivity contribution in [3.8, 4) is 23.5 Å².